The van der Waals surface area contributed by atoms with Crippen LogP contribution < -0.4 is 5.32 Å². The zero-order valence-electron chi connectivity index (χ0n) is 14.9. The van der Waals surface area contributed by atoms with E-state index in [-0.39, 0.29) is 11.8 Å². The molecule has 6 heteroatoms. The van der Waals surface area contributed by atoms with Crippen LogP contribution >= 0.6 is 0 Å². The standard InChI is InChI=1S/C21H19N3O3/c1-24(12-16-13-27-18-5-3-2-4-17(16)18)20(26)9-6-14-10-15-7-8-19(25)23-21(15)22-11-14/h2-6,9-11,13H,7-8,12H2,1H3,(H,22,23,25)/b9-6+. The summed E-state index contributed by atoms with van der Waals surface area (Å²) in [6, 6.07) is 9.72. The third-order valence-electron chi connectivity index (χ3n) is 4.63. The van der Waals surface area contributed by atoms with Gasteiger partial charge in [0.2, 0.25) is 11.8 Å². The van der Waals surface area contributed by atoms with Crippen LogP contribution in [0, 0.1) is 0 Å². The van der Waals surface area contributed by atoms with E-state index in [9.17, 15) is 9.59 Å². The summed E-state index contributed by atoms with van der Waals surface area (Å²) in [5.74, 6) is 0.492. The van der Waals surface area contributed by atoms with Crippen molar-refractivity contribution in [3.63, 3.8) is 0 Å². The van der Waals surface area contributed by atoms with E-state index < -0.39 is 0 Å². The highest BCUT2D eigenvalue weighted by Gasteiger charge is 2.16. The number of nitrogens with zero attached hydrogens (tertiary/aromatic N) is 2. The maximum absolute atomic E-state index is 12.4. The van der Waals surface area contributed by atoms with Crippen LogP contribution in [0.3, 0.4) is 0 Å². The lowest BCUT2D eigenvalue weighted by Crippen LogP contribution is -2.24. The minimum absolute atomic E-state index is 0.0122. The van der Waals surface area contributed by atoms with E-state index in [0.29, 0.717) is 25.2 Å². The second kappa shape index (κ2) is 7.07. The van der Waals surface area contributed by atoms with Gasteiger partial charge in [-0.25, -0.2) is 4.98 Å². The van der Waals surface area contributed by atoms with Gasteiger partial charge in [-0.2, -0.15) is 0 Å². The third-order valence-corrected chi connectivity index (χ3v) is 4.63. The summed E-state index contributed by atoms with van der Waals surface area (Å²) in [5.41, 5.74) is 3.61. The van der Waals surface area contributed by atoms with Gasteiger partial charge in [-0.1, -0.05) is 18.2 Å². The predicted octanol–water partition coefficient (Wildman–Crippen LogP) is 3.38. The molecule has 1 aliphatic heterocycles. The summed E-state index contributed by atoms with van der Waals surface area (Å²) < 4.78 is 5.53. The summed E-state index contributed by atoms with van der Waals surface area (Å²) in [5, 5.41) is 3.77. The van der Waals surface area contributed by atoms with Gasteiger partial charge in [0.1, 0.15) is 11.4 Å². The van der Waals surface area contributed by atoms with Crippen molar-refractivity contribution < 1.29 is 14.0 Å². The van der Waals surface area contributed by atoms with Gasteiger partial charge in [0, 0.05) is 43.2 Å². The van der Waals surface area contributed by atoms with Gasteiger partial charge in [-0.15, -0.1) is 0 Å². The molecule has 136 valence electrons. The summed E-state index contributed by atoms with van der Waals surface area (Å²) in [6.07, 6.45) is 7.75. The lowest BCUT2D eigenvalue weighted by atomic mass is 10.0. The zero-order valence-corrected chi connectivity index (χ0v) is 14.9. The fourth-order valence-corrected chi connectivity index (χ4v) is 3.15. The Morgan fingerprint density at radius 2 is 2.19 bits per heavy atom. The van der Waals surface area contributed by atoms with Crippen molar-refractivity contribution in [2.75, 3.05) is 12.4 Å². The number of rotatable bonds is 4. The number of carbonyl (C=O) groups excluding carboxylic acids is 2. The highest BCUT2D eigenvalue weighted by molar-refractivity contribution is 5.94. The van der Waals surface area contributed by atoms with Gasteiger partial charge in [-0.05, 0) is 35.8 Å². The van der Waals surface area contributed by atoms with E-state index in [1.54, 1.807) is 30.5 Å². The number of aryl methyl sites for hydroxylation is 1. The Morgan fingerprint density at radius 3 is 3.07 bits per heavy atom. The number of likely N-dealkylation sites (N-methyl/N-ethyl adjacent to an activating group) is 1. The molecule has 0 atom stereocenters. The van der Waals surface area contributed by atoms with Gasteiger partial charge >= 0.3 is 0 Å². The topological polar surface area (TPSA) is 75.4 Å². The quantitative estimate of drug-likeness (QED) is 0.723. The Hall–Kier alpha value is -3.41. The van der Waals surface area contributed by atoms with E-state index in [0.717, 1.165) is 27.7 Å². The van der Waals surface area contributed by atoms with Crippen LogP contribution in [-0.2, 0) is 22.6 Å². The minimum atomic E-state index is -0.105. The van der Waals surface area contributed by atoms with Crippen LogP contribution in [-0.4, -0.2) is 28.7 Å². The number of amides is 2. The fraction of sp³-hybridized carbons (Fsp3) is 0.190. The number of hydrogen-bond donors (Lipinski definition) is 1. The first-order chi connectivity index (χ1) is 13.1. The number of aromatic nitrogens is 1. The van der Waals surface area contributed by atoms with Crippen LogP contribution in [0.15, 0.2) is 53.3 Å². The largest absolute Gasteiger partial charge is 0.464 e. The van der Waals surface area contributed by atoms with Gasteiger partial charge in [0.25, 0.3) is 0 Å². The van der Waals surface area contributed by atoms with Crippen LogP contribution in [0.1, 0.15) is 23.1 Å². The van der Waals surface area contributed by atoms with E-state index in [4.69, 9.17) is 4.42 Å². The molecule has 0 saturated carbocycles. The first-order valence-electron chi connectivity index (χ1n) is 8.77. The average molecular weight is 361 g/mol. The molecular formula is C21H19N3O3. The molecular weight excluding hydrogens is 342 g/mol. The number of benzene rings is 1. The summed E-state index contributed by atoms with van der Waals surface area (Å²) in [4.78, 5) is 29.7. The fourth-order valence-electron chi connectivity index (χ4n) is 3.15. The predicted molar refractivity (Wildman–Crippen MR) is 103 cm³/mol. The van der Waals surface area contributed by atoms with Gasteiger partial charge in [-0.3, -0.25) is 9.59 Å². The molecule has 2 aromatic heterocycles. The number of para-hydroxylation sites is 1. The number of fused-ring (bicyclic) bond motifs is 2. The van der Waals surface area contributed by atoms with Gasteiger partial charge in [0.05, 0.1) is 6.26 Å². The number of nitrogens with one attached hydrogen (secondary N) is 1. The molecule has 4 rings (SSSR count). The molecule has 0 bridgehead atoms. The molecule has 0 aliphatic carbocycles. The molecule has 1 aliphatic rings. The summed E-state index contributed by atoms with van der Waals surface area (Å²) >= 11 is 0. The molecule has 0 fully saturated rings. The number of furan rings is 1. The first-order valence-corrected chi connectivity index (χ1v) is 8.77. The second-order valence-corrected chi connectivity index (χ2v) is 6.61. The van der Waals surface area contributed by atoms with Gasteiger partial charge < -0.3 is 14.6 Å². The van der Waals surface area contributed by atoms with Crippen molar-refractivity contribution >= 4 is 34.7 Å². The third kappa shape index (κ3) is 3.60. The molecule has 3 aromatic rings. The normalized spacial score (nSPS) is 13.6. The SMILES string of the molecule is CN(Cc1coc2ccccc12)C(=O)/C=C/c1cnc2c(c1)CCC(=O)N2. The number of pyridine rings is 1. The van der Waals surface area contributed by atoms with E-state index in [1.807, 2.05) is 30.3 Å². The molecule has 0 unspecified atom stereocenters. The van der Waals surface area contributed by atoms with E-state index >= 15 is 0 Å². The molecule has 3 heterocycles. The van der Waals surface area contributed by atoms with Crippen LogP contribution in [0.5, 0.6) is 0 Å². The average Bonchev–Trinajstić information content (AvgIpc) is 3.09. The maximum atomic E-state index is 12.4. The lowest BCUT2D eigenvalue weighted by molar-refractivity contribution is -0.125. The Balaban J connectivity index is 1.44. The van der Waals surface area contributed by atoms with Crippen LogP contribution in [0.4, 0.5) is 5.82 Å². The Labute approximate surface area is 156 Å². The Bertz CT molecular complexity index is 1050. The van der Waals surface area contributed by atoms with Gasteiger partial charge in [0.15, 0.2) is 0 Å². The molecule has 1 aromatic carbocycles. The van der Waals surface area contributed by atoms with Crippen molar-refractivity contribution in [2.45, 2.75) is 19.4 Å². The van der Waals surface area contributed by atoms with Crippen LogP contribution in [0.25, 0.3) is 17.0 Å². The van der Waals surface area contributed by atoms with Crippen molar-refractivity contribution in [1.29, 1.82) is 0 Å². The summed E-state index contributed by atoms with van der Waals surface area (Å²) in [6.45, 7) is 0.467. The maximum Gasteiger partial charge on any atom is 0.246 e. The van der Waals surface area contributed by atoms with E-state index in [1.165, 1.54) is 6.08 Å². The molecule has 0 saturated heterocycles. The molecule has 1 N–H and O–H groups in total. The highest BCUT2D eigenvalue weighted by atomic mass is 16.3. The highest BCUT2D eigenvalue weighted by Crippen LogP contribution is 2.23. The molecule has 27 heavy (non-hydrogen) atoms. The Morgan fingerprint density at radius 1 is 1.33 bits per heavy atom. The van der Waals surface area contributed by atoms with Crippen molar-refractivity contribution in [1.82, 2.24) is 9.88 Å². The van der Waals surface area contributed by atoms with Crippen molar-refractivity contribution in [3.05, 3.63) is 65.6 Å². The molecule has 0 spiro atoms. The molecule has 2 amide bonds. The number of anilines is 1. The molecule has 0 radical (unpaired) electrons. The lowest BCUT2D eigenvalue weighted by Gasteiger charge is -2.16. The molecule has 6 nitrogen and oxygen atoms in total. The van der Waals surface area contributed by atoms with Crippen LogP contribution in [0.2, 0.25) is 0 Å². The second-order valence-electron chi connectivity index (χ2n) is 6.61. The number of carbonyl (C=O) groups is 2. The zero-order chi connectivity index (χ0) is 18.8. The van der Waals surface area contributed by atoms with E-state index in [2.05, 4.69) is 10.3 Å². The smallest absolute Gasteiger partial charge is 0.246 e. The minimum Gasteiger partial charge on any atom is -0.464 e. The summed E-state index contributed by atoms with van der Waals surface area (Å²) in [7, 11) is 1.76. The first kappa shape index (κ1) is 17.0. The monoisotopic (exact) mass is 361 g/mol. The van der Waals surface area contributed by atoms with Crippen molar-refractivity contribution in [3.8, 4) is 0 Å². The van der Waals surface area contributed by atoms with Crippen molar-refractivity contribution in [2.24, 2.45) is 0 Å². The Kier molecular flexibility index (Phi) is 4.46. The number of hydrogen-bond acceptors (Lipinski definition) is 4.